The molecule has 0 saturated carbocycles. The summed E-state index contributed by atoms with van der Waals surface area (Å²) in [6.07, 6.45) is 1.91. The minimum Gasteiger partial charge on any atom is -0.506 e. The van der Waals surface area contributed by atoms with Crippen molar-refractivity contribution in [1.82, 2.24) is 4.98 Å². The topological polar surface area (TPSA) is 99.3 Å². The summed E-state index contributed by atoms with van der Waals surface area (Å²) in [4.78, 5) is 13.5. The van der Waals surface area contributed by atoms with Gasteiger partial charge in [0.1, 0.15) is 11.8 Å². The Morgan fingerprint density at radius 1 is 1.44 bits per heavy atom. The molecule has 0 amide bonds. The number of aromatic nitrogens is 1. The van der Waals surface area contributed by atoms with E-state index in [-0.39, 0.29) is 12.2 Å². The van der Waals surface area contributed by atoms with E-state index in [1.807, 2.05) is 19.9 Å². The van der Waals surface area contributed by atoms with Crippen LogP contribution in [0.25, 0.3) is 10.9 Å². The highest BCUT2D eigenvalue weighted by atomic mass is 16.4. The van der Waals surface area contributed by atoms with Gasteiger partial charge in [0.25, 0.3) is 0 Å². The van der Waals surface area contributed by atoms with Crippen LogP contribution in [0.1, 0.15) is 19.4 Å². The van der Waals surface area contributed by atoms with Gasteiger partial charge >= 0.3 is 5.97 Å². The van der Waals surface area contributed by atoms with Crippen LogP contribution in [-0.4, -0.2) is 27.2 Å². The first-order valence-electron chi connectivity index (χ1n) is 5.86. The highest BCUT2D eigenvalue weighted by molar-refractivity contribution is 5.88. The van der Waals surface area contributed by atoms with Crippen LogP contribution in [-0.2, 0) is 11.2 Å². The molecule has 98 valence electrons. The molecular formula is C13H18N2O3. The number of para-hydroxylation sites is 1. The lowest BCUT2D eigenvalue weighted by Gasteiger charge is -2.04. The third-order valence-corrected chi connectivity index (χ3v) is 2.54. The van der Waals surface area contributed by atoms with Crippen LogP contribution in [0.3, 0.4) is 0 Å². The normalized spacial score (nSPS) is 11.7. The molecule has 0 aliphatic carbocycles. The van der Waals surface area contributed by atoms with Crippen molar-refractivity contribution >= 4 is 16.9 Å². The molecule has 5 heteroatoms. The van der Waals surface area contributed by atoms with Crippen molar-refractivity contribution in [3.05, 3.63) is 30.0 Å². The Morgan fingerprint density at radius 2 is 2.11 bits per heavy atom. The number of fused-ring (bicyclic) bond motifs is 1. The van der Waals surface area contributed by atoms with E-state index < -0.39 is 12.0 Å². The average Bonchev–Trinajstić information content (AvgIpc) is 2.76. The number of carbonyl (C=O) groups is 1. The number of H-pyrrole nitrogens is 1. The fourth-order valence-electron chi connectivity index (χ4n) is 1.69. The number of phenolic OH excluding ortho intramolecular Hbond substituents is 1. The molecular weight excluding hydrogens is 232 g/mol. The number of aliphatic carboxylic acids is 1. The number of hydrogen-bond acceptors (Lipinski definition) is 3. The maximum absolute atomic E-state index is 10.6. The maximum Gasteiger partial charge on any atom is 0.320 e. The first kappa shape index (κ1) is 14.1. The molecule has 0 spiro atoms. The predicted molar refractivity (Wildman–Crippen MR) is 70.6 cm³/mol. The number of nitrogens with two attached hydrogens (primary N) is 1. The van der Waals surface area contributed by atoms with Crippen molar-refractivity contribution in [1.29, 1.82) is 0 Å². The Kier molecular flexibility index (Phi) is 4.74. The second-order valence-corrected chi connectivity index (χ2v) is 3.66. The van der Waals surface area contributed by atoms with Gasteiger partial charge in [-0.3, -0.25) is 4.79 Å². The van der Waals surface area contributed by atoms with E-state index in [0.29, 0.717) is 5.52 Å². The highest BCUT2D eigenvalue weighted by Gasteiger charge is 2.15. The molecule has 1 heterocycles. The number of carboxylic acids is 1. The molecule has 0 fully saturated rings. The van der Waals surface area contributed by atoms with Gasteiger partial charge < -0.3 is 20.9 Å². The summed E-state index contributed by atoms with van der Waals surface area (Å²) >= 11 is 0. The number of phenols is 1. The second kappa shape index (κ2) is 6.07. The van der Waals surface area contributed by atoms with Crippen LogP contribution in [0.5, 0.6) is 5.75 Å². The number of benzene rings is 1. The van der Waals surface area contributed by atoms with Crippen molar-refractivity contribution in [2.45, 2.75) is 26.3 Å². The van der Waals surface area contributed by atoms with Crippen LogP contribution in [0.4, 0.5) is 0 Å². The zero-order valence-electron chi connectivity index (χ0n) is 10.5. The molecule has 0 bridgehead atoms. The van der Waals surface area contributed by atoms with E-state index in [4.69, 9.17) is 10.8 Å². The van der Waals surface area contributed by atoms with Gasteiger partial charge in [-0.2, -0.15) is 0 Å². The van der Waals surface area contributed by atoms with Crippen molar-refractivity contribution < 1.29 is 15.0 Å². The van der Waals surface area contributed by atoms with Crippen molar-refractivity contribution in [2.75, 3.05) is 0 Å². The van der Waals surface area contributed by atoms with E-state index in [0.717, 1.165) is 10.9 Å². The maximum atomic E-state index is 10.6. The number of rotatable bonds is 3. The lowest BCUT2D eigenvalue weighted by molar-refractivity contribution is -0.138. The van der Waals surface area contributed by atoms with Gasteiger partial charge in [-0.15, -0.1) is 0 Å². The lowest BCUT2D eigenvalue weighted by atomic mass is 10.1. The Labute approximate surface area is 105 Å². The molecule has 0 saturated heterocycles. The van der Waals surface area contributed by atoms with Gasteiger partial charge in [-0.25, -0.2) is 0 Å². The van der Waals surface area contributed by atoms with Crippen molar-refractivity contribution in [3.63, 3.8) is 0 Å². The molecule has 0 aliphatic rings. The van der Waals surface area contributed by atoms with E-state index in [2.05, 4.69) is 4.98 Å². The Morgan fingerprint density at radius 3 is 2.72 bits per heavy atom. The SMILES string of the molecule is CC.NC(Cc1c[nH]c2c(O)cccc12)C(=O)O. The van der Waals surface area contributed by atoms with Gasteiger partial charge in [0.05, 0.1) is 5.52 Å². The van der Waals surface area contributed by atoms with Gasteiger partial charge in [-0.1, -0.05) is 26.0 Å². The third kappa shape index (κ3) is 2.81. The van der Waals surface area contributed by atoms with E-state index in [1.54, 1.807) is 18.3 Å². The van der Waals surface area contributed by atoms with Crippen molar-refractivity contribution in [2.24, 2.45) is 5.73 Å². The average molecular weight is 250 g/mol. The number of hydrogen-bond donors (Lipinski definition) is 4. The number of aromatic amines is 1. The molecule has 1 unspecified atom stereocenters. The molecule has 0 aliphatic heterocycles. The zero-order chi connectivity index (χ0) is 13.7. The van der Waals surface area contributed by atoms with Crippen LogP contribution in [0.15, 0.2) is 24.4 Å². The summed E-state index contributed by atoms with van der Waals surface area (Å²) in [5.41, 5.74) is 6.86. The second-order valence-electron chi connectivity index (χ2n) is 3.66. The summed E-state index contributed by atoms with van der Waals surface area (Å²) in [6.45, 7) is 4.00. The summed E-state index contributed by atoms with van der Waals surface area (Å²) in [5, 5.41) is 19.1. The van der Waals surface area contributed by atoms with E-state index in [9.17, 15) is 9.90 Å². The Balaban J connectivity index is 0.000000771. The fraction of sp³-hybridized carbons (Fsp3) is 0.308. The molecule has 0 radical (unpaired) electrons. The largest absolute Gasteiger partial charge is 0.506 e. The third-order valence-electron chi connectivity index (χ3n) is 2.54. The van der Waals surface area contributed by atoms with Crippen LogP contribution >= 0.6 is 0 Å². The smallest absolute Gasteiger partial charge is 0.320 e. The first-order chi connectivity index (χ1) is 8.59. The monoisotopic (exact) mass is 250 g/mol. The van der Waals surface area contributed by atoms with Crippen LogP contribution < -0.4 is 5.73 Å². The molecule has 1 aromatic heterocycles. The standard InChI is InChI=1S/C11H12N2O3.C2H6/c12-8(11(15)16)4-6-5-13-10-7(6)2-1-3-9(10)14;1-2/h1-3,5,8,13-14H,4,12H2,(H,15,16);1-2H3. The van der Waals surface area contributed by atoms with Gasteiger partial charge in [-0.05, 0) is 11.6 Å². The van der Waals surface area contributed by atoms with E-state index in [1.165, 1.54) is 0 Å². The predicted octanol–water partition coefficient (Wildman–Crippen LogP) is 1.85. The van der Waals surface area contributed by atoms with Crippen LogP contribution in [0, 0.1) is 0 Å². The summed E-state index contributed by atoms with van der Waals surface area (Å²) in [6, 6.07) is 4.16. The van der Waals surface area contributed by atoms with Gasteiger partial charge in [0.2, 0.25) is 0 Å². The summed E-state index contributed by atoms with van der Waals surface area (Å²) in [5.74, 6) is -0.887. The van der Waals surface area contributed by atoms with Crippen molar-refractivity contribution in [3.8, 4) is 5.75 Å². The highest BCUT2D eigenvalue weighted by Crippen LogP contribution is 2.26. The first-order valence-corrected chi connectivity index (χ1v) is 5.86. The molecule has 2 aromatic rings. The molecule has 5 nitrogen and oxygen atoms in total. The van der Waals surface area contributed by atoms with Gasteiger partial charge in [0.15, 0.2) is 0 Å². The molecule has 1 aromatic carbocycles. The Bertz CT molecular complexity index is 534. The number of nitrogens with one attached hydrogen (secondary N) is 1. The fourth-order valence-corrected chi connectivity index (χ4v) is 1.69. The lowest BCUT2D eigenvalue weighted by Crippen LogP contribution is -2.32. The summed E-state index contributed by atoms with van der Waals surface area (Å²) in [7, 11) is 0. The molecule has 1 atom stereocenters. The quantitative estimate of drug-likeness (QED) is 0.668. The molecule has 18 heavy (non-hydrogen) atoms. The minimum absolute atomic E-state index is 0.146. The summed E-state index contributed by atoms with van der Waals surface area (Å²) < 4.78 is 0. The molecule has 5 N–H and O–H groups in total. The Hall–Kier alpha value is -2.01. The minimum atomic E-state index is -1.03. The van der Waals surface area contributed by atoms with Gasteiger partial charge in [0, 0.05) is 18.0 Å². The zero-order valence-corrected chi connectivity index (χ0v) is 10.5. The van der Waals surface area contributed by atoms with Crippen LogP contribution in [0.2, 0.25) is 0 Å². The van der Waals surface area contributed by atoms with E-state index >= 15 is 0 Å². The number of aromatic hydroxyl groups is 1. The number of carboxylic acid groups (broad SMARTS) is 1. The molecule has 2 rings (SSSR count).